The van der Waals surface area contributed by atoms with Gasteiger partial charge in [0.05, 0.1) is 0 Å². The number of aryl methyl sites for hydroxylation is 1. The van der Waals surface area contributed by atoms with Crippen LogP contribution in [0.15, 0.2) is 30.3 Å². The summed E-state index contributed by atoms with van der Waals surface area (Å²) in [5.41, 5.74) is 1.24. The SMILES string of the molecule is CC(C)[C@@H](CN1CCCC1)N(C)C(=O)CCc1ccccc1. The summed E-state index contributed by atoms with van der Waals surface area (Å²) in [4.78, 5) is 17.0. The number of benzene rings is 1. The summed E-state index contributed by atoms with van der Waals surface area (Å²) in [6.45, 7) is 7.85. The normalized spacial score (nSPS) is 16.9. The molecule has 0 saturated carbocycles. The average molecular weight is 302 g/mol. The molecule has 1 amide bonds. The lowest BCUT2D eigenvalue weighted by Gasteiger charge is -2.34. The van der Waals surface area contributed by atoms with Gasteiger partial charge in [0.1, 0.15) is 0 Å². The zero-order valence-electron chi connectivity index (χ0n) is 14.3. The van der Waals surface area contributed by atoms with Gasteiger partial charge in [0.15, 0.2) is 0 Å². The lowest BCUT2D eigenvalue weighted by Crippen LogP contribution is -2.47. The fourth-order valence-corrected chi connectivity index (χ4v) is 3.27. The third kappa shape index (κ3) is 4.84. The lowest BCUT2D eigenvalue weighted by molar-refractivity contribution is -0.133. The van der Waals surface area contributed by atoms with Gasteiger partial charge in [0.25, 0.3) is 0 Å². The van der Waals surface area contributed by atoms with Crippen LogP contribution < -0.4 is 0 Å². The Hall–Kier alpha value is -1.35. The molecule has 0 N–H and O–H groups in total. The summed E-state index contributed by atoms with van der Waals surface area (Å²) in [6.07, 6.45) is 4.04. The standard InChI is InChI=1S/C19H30N2O/c1-16(2)18(15-21-13-7-8-14-21)20(3)19(22)12-11-17-9-5-4-6-10-17/h4-6,9-10,16,18H,7-8,11-15H2,1-3H3/t18-/m1/s1. The quantitative estimate of drug-likeness (QED) is 0.772. The van der Waals surface area contributed by atoms with Gasteiger partial charge >= 0.3 is 0 Å². The van der Waals surface area contributed by atoms with Crippen LogP contribution >= 0.6 is 0 Å². The molecule has 0 aromatic heterocycles. The first-order valence-electron chi connectivity index (χ1n) is 8.60. The molecule has 1 saturated heterocycles. The number of rotatable bonds is 7. The Bertz CT molecular complexity index is 452. The zero-order valence-corrected chi connectivity index (χ0v) is 14.3. The van der Waals surface area contributed by atoms with Crippen molar-refractivity contribution in [2.45, 2.75) is 45.6 Å². The van der Waals surface area contributed by atoms with Crippen molar-refractivity contribution in [3.05, 3.63) is 35.9 Å². The molecule has 0 bridgehead atoms. The van der Waals surface area contributed by atoms with Crippen LogP contribution in [0.25, 0.3) is 0 Å². The summed E-state index contributed by atoms with van der Waals surface area (Å²) < 4.78 is 0. The van der Waals surface area contributed by atoms with Gasteiger partial charge < -0.3 is 9.80 Å². The molecule has 3 nitrogen and oxygen atoms in total. The Labute approximate surface area is 135 Å². The molecule has 0 aliphatic carbocycles. The van der Waals surface area contributed by atoms with Gasteiger partial charge in [-0.15, -0.1) is 0 Å². The van der Waals surface area contributed by atoms with Gasteiger partial charge in [-0.1, -0.05) is 44.2 Å². The van der Waals surface area contributed by atoms with E-state index in [1.54, 1.807) is 0 Å². The molecule has 0 radical (unpaired) electrons. The molecule has 1 heterocycles. The molecule has 1 fully saturated rings. The summed E-state index contributed by atoms with van der Waals surface area (Å²) >= 11 is 0. The Morgan fingerprint density at radius 1 is 1.18 bits per heavy atom. The summed E-state index contributed by atoms with van der Waals surface area (Å²) in [5, 5.41) is 0. The number of likely N-dealkylation sites (tertiary alicyclic amines) is 1. The predicted octanol–water partition coefficient (Wildman–Crippen LogP) is 3.20. The second-order valence-corrected chi connectivity index (χ2v) is 6.81. The van der Waals surface area contributed by atoms with E-state index >= 15 is 0 Å². The van der Waals surface area contributed by atoms with Gasteiger partial charge in [-0.25, -0.2) is 0 Å². The van der Waals surface area contributed by atoms with Crippen LogP contribution in [-0.4, -0.2) is 48.4 Å². The van der Waals surface area contributed by atoms with Crippen molar-refractivity contribution in [1.29, 1.82) is 0 Å². The maximum Gasteiger partial charge on any atom is 0.222 e. The molecule has 1 atom stereocenters. The number of likely N-dealkylation sites (N-methyl/N-ethyl adjacent to an activating group) is 1. The molecule has 1 aliphatic heterocycles. The van der Waals surface area contributed by atoms with Crippen molar-refractivity contribution < 1.29 is 4.79 Å². The smallest absolute Gasteiger partial charge is 0.222 e. The van der Waals surface area contributed by atoms with E-state index in [-0.39, 0.29) is 5.91 Å². The third-order valence-electron chi connectivity index (χ3n) is 4.77. The largest absolute Gasteiger partial charge is 0.341 e. The van der Waals surface area contributed by atoms with E-state index in [1.165, 1.54) is 31.5 Å². The van der Waals surface area contributed by atoms with Crippen LogP contribution in [0, 0.1) is 5.92 Å². The molecular formula is C19H30N2O. The monoisotopic (exact) mass is 302 g/mol. The Balaban J connectivity index is 1.88. The van der Waals surface area contributed by atoms with E-state index in [0.29, 0.717) is 18.4 Å². The third-order valence-corrected chi connectivity index (χ3v) is 4.77. The fourth-order valence-electron chi connectivity index (χ4n) is 3.27. The summed E-state index contributed by atoms with van der Waals surface area (Å²) in [7, 11) is 1.98. The number of amides is 1. The molecule has 3 heteroatoms. The van der Waals surface area contributed by atoms with E-state index in [2.05, 4.69) is 30.9 Å². The van der Waals surface area contributed by atoms with Crippen LogP contribution in [-0.2, 0) is 11.2 Å². The summed E-state index contributed by atoms with van der Waals surface area (Å²) in [5.74, 6) is 0.757. The number of hydrogen-bond donors (Lipinski definition) is 0. The molecule has 1 aromatic rings. The first-order chi connectivity index (χ1) is 10.6. The Morgan fingerprint density at radius 3 is 2.41 bits per heavy atom. The van der Waals surface area contributed by atoms with Crippen LogP contribution in [0.1, 0.15) is 38.7 Å². The van der Waals surface area contributed by atoms with Crippen LogP contribution in [0.2, 0.25) is 0 Å². The highest BCUT2D eigenvalue weighted by molar-refractivity contribution is 5.76. The van der Waals surface area contributed by atoms with E-state index in [9.17, 15) is 4.79 Å². The highest BCUT2D eigenvalue weighted by Gasteiger charge is 2.26. The van der Waals surface area contributed by atoms with Crippen molar-refractivity contribution in [2.75, 3.05) is 26.7 Å². The highest BCUT2D eigenvalue weighted by atomic mass is 16.2. The number of carbonyl (C=O) groups excluding carboxylic acids is 1. The molecule has 1 aliphatic rings. The molecule has 22 heavy (non-hydrogen) atoms. The lowest BCUT2D eigenvalue weighted by atomic mass is 10.0. The van der Waals surface area contributed by atoms with Crippen molar-refractivity contribution in [2.24, 2.45) is 5.92 Å². The van der Waals surface area contributed by atoms with Gasteiger partial charge in [0.2, 0.25) is 5.91 Å². The molecule has 122 valence electrons. The maximum atomic E-state index is 12.5. The number of hydrogen-bond acceptors (Lipinski definition) is 2. The first-order valence-corrected chi connectivity index (χ1v) is 8.60. The van der Waals surface area contributed by atoms with Crippen molar-refractivity contribution in [3.8, 4) is 0 Å². The number of carbonyl (C=O) groups is 1. The fraction of sp³-hybridized carbons (Fsp3) is 0.632. The highest BCUT2D eigenvalue weighted by Crippen LogP contribution is 2.16. The minimum Gasteiger partial charge on any atom is -0.341 e. The van der Waals surface area contributed by atoms with Gasteiger partial charge in [-0.2, -0.15) is 0 Å². The molecule has 0 spiro atoms. The average Bonchev–Trinajstić information content (AvgIpc) is 3.03. The topological polar surface area (TPSA) is 23.6 Å². The second kappa shape index (κ2) is 8.33. The van der Waals surface area contributed by atoms with E-state index in [0.717, 1.165) is 13.0 Å². The van der Waals surface area contributed by atoms with Crippen molar-refractivity contribution in [3.63, 3.8) is 0 Å². The van der Waals surface area contributed by atoms with Gasteiger partial charge in [0, 0.05) is 26.1 Å². The minimum absolute atomic E-state index is 0.266. The molecule has 2 rings (SSSR count). The van der Waals surface area contributed by atoms with Crippen LogP contribution in [0.4, 0.5) is 0 Å². The minimum atomic E-state index is 0.266. The van der Waals surface area contributed by atoms with Gasteiger partial charge in [-0.05, 0) is 43.8 Å². The molecule has 1 aromatic carbocycles. The van der Waals surface area contributed by atoms with Crippen LogP contribution in [0.5, 0.6) is 0 Å². The second-order valence-electron chi connectivity index (χ2n) is 6.81. The van der Waals surface area contributed by atoms with E-state index < -0.39 is 0 Å². The van der Waals surface area contributed by atoms with E-state index in [4.69, 9.17) is 0 Å². The van der Waals surface area contributed by atoms with Crippen LogP contribution in [0.3, 0.4) is 0 Å². The first kappa shape index (κ1) is 17.0. The van der Waals surface area contributed by atoms with Crippen molar-refractivity contribution >= 4 is 5.91 Å². The number of nitrogens with zero attached hydrogens (tertiary/aromatic N) is 2. The summed E-state index contributed by atoms with van der Waals surface area (Å²) in [6, 6.07) is 10.6. The van der Waals surface area contributed by atoms with Gasteiger partial charge in [-0.3, -0.25) is 4.79 Å². The molecular weight excluding hydrogens is 272 g/mol. The Morgan fingerprint density at radius 2 is 1.82 bits per heavy atom. The molecule has 0 unspecified atom stereocenters. The van der Waals surface area contributed by atoms with Crippen molar-refractivity contribution in [1.82, 2.24) is 9.80 Å². The predicted molar refractivity (Wildman–Crippen MR) is 91.8 cm³/mol. The zero-order chi connectivity index (χ0) is 15.9. The van der Waals surface area contributed by atoms with E-state index in [1.807, 2.05) is 30.1 Å². The Kier molecular flexibility index (Phi) is 6.44. The maximum absolute atomic E-state index is 12.5.